The Morgan fingerprint density at radius 3 is 2.70 bits per heavy atom. The summed E-state index contributed by atoms with van der Waals surface area (Å²) >= 11 is 0. The number of aliphatic imine (C=N–C) groups is 1. The quantitative estimate of drug-likeness (QED) is 0.432. The van der Waals surface area contributed by atoms with Gasteiger partial charge in [0.1, 0.15) is 12.4 Å². The topological polar surface area (TPSA) is 54.9 Å². The summed E-state index contributed by atoms with van der Waals surface area (Å²) in [6.45, 7) is 6.72. The fourth-order valence-corrected chi connectivity index (χ4v) is 1.68. The number of benzene rings is 1. The minimum Gasteiger partial charge on any atom is -0.492 e. The lowest BCUT2D eigenvalue weighted by atomic mass is 10.3. The summed E-state index contributed by atoms with van der Waals surface area (Å²) in [5.74, 6) is 1.65. The van der Waals surface area contributed by atoms with Crippen molar-refractivity contribution in [2.75, 3.05) is 33.4 Å². The van der Waals surface area contributed by atoms with Gasteiger partial charge in [-0.05, 0) is 26.0 Å². The van der Waals surface area contributed by atoms with Gasteiger partial charge in [0, 0.05) is 19.7 Å². The van der Waals surface area contributed by atoms with E-state index in [1.807, 2.05) is 37.3 Å². The molecular weight excluding hydrogens is 254 g/mol. The van der Waals surface area contributed by atoms with Crippen molar-refractivity contribution in [1.29, 1.82) is 0 Å². The maximum absolute atomic E-state index is 5.60. The van der Waals surface area contributed by atoms with Crippen LogP contribution in [-0.4, -0.2) is 45.4 Å². The van der Waals surface area contributed by atoms with Gasteiger partial charge in [-0.3, -0.25) is 0 Å². The Hall–Kier alpha value is -1.75. The van der Waals surface area contributed by atoms with Crippen LogP contribution in [0.4, 0.5) is 0 Å². The zero-order valence-electron chi connectivity index (χ0n) is 12.6. The maximum Gasteiger partial charge on any atom is 0.191 e. The molecule has 0 aliphatic carbocycles. The highest BCUT2D eigenvalue weighted by Gasteiger charge is 2.03. The summed E-state index contributed by atoms with van der Waals surface area (Å²) in [6, 6.07) is 9.97. The predicted molar refractivity (Wildman–Crippen MR) is 82.4 cm³/mol. The fourth-order valence-electron chi connectivity index (χ4n) is 1.68. The lowest BCUT2D eigenvalue weighted by Gasteiger charge is -2.17. The summed E-state index contributed by atoms with van der Waals surface area (Å²) in [4.78, 5) is 4.46. The van der Waals surface area contributed by atoms with Crippen LogP contribution in [0.25, 0.3) is 0 Å². The number of nitrogens with one attached hydrogen (secondary N) is 2. The zero-order valence-corrected chi connectivity index (χ0v) is 12.6. The molecule has 112 valence electrons. The first-order chi connectivity index (χ1) is 9.76. The van der Waals surface area contributed by atoms with Gasteiger partial charge in [0.2, 0.25) is 0 Å². The number of nitrogens with zero attached hydrogens (tertiary/aromatic N) is 1. The Morgan fingerprint density at radius 1 is 1.30 bits per heavy atom. The fraction of sp³-hybridized carbons (Fsp3) is 0.533. The van der Waals surface area contributed by atoms with Gasteiger partial charge in [0.05, 0.1) is 13.2 Å². The van der Waals surface area contributed by atoms with Crippen molar-refractivity contribution in [3.8, 4) is 5.75 Å². The van der Waals surface area contributed by atoms with Crippen LogP contribution < -0.4 is 15.4 Å². The lowest BCUT2D eigenvalue weighted by Crippen LogP contribution is -2.44. The number of para-hydroxylation sites is 1. The van der Waals surface area contributed by atoms with E-state index in [1.165, 1.54) is 0 Å². The third kappa shape index (κ3) is 6.99. The molecule has 5 nitrogen and oxygen atoms in total. The van der Waals surface area contributed by atoms with Crippen LogP contribution in [0.5, 0.6) is 5.75 Å². The Kier molecular flexibility index (Phi) is 8.22. The average Bonchev–Trinajstić information content (AvgIpc) is 2.45. The molecule has 5 heteroatoms. The largest absolute Gasteiger partial charge is 0.492 e. The minimum atomic E-state index is 0.216. The molecule has 0 spiro atoms. The second-order valence-corrected chi connectivity index (χ2v) is 4.42. The molecule has 0 saturated heterocycles. The van der Waals surface area contributed by atoms with E-state index in [1.54, 1.807) is 7.11 Å². The van der Waals surface area contributed by atoms with Gasteiger partial charge in [-0.25, -0.2) is 4.99 Å². The van der Waals surface area contributed by atoms with Gasteiger partial charge < -0.3 is 20.1 Å². The number of hydrogen-bond donors (Lipinski definition) is 2. The summed E-state index contributed by atoms with van der Waals surface area (Å²) in [6.07, 6.45) is 0. The number of guanidine groups is 1. The Balaban J connectivity index is 2.34. The van der Waals surface area contributed by atoms with Crippen LogP contribution >= 0.6 is 0 Å². The van der Waals surface area contributed by atoms with Crippen LogP contribution in [0.1, 0.15) is 13.8 Å². The molecule has 0 aromatic heterocycles. The van der Waals surface area contributed by atoms with Gasteiger partial charge in [-0.2, -0.15) is 0 Å². The second-order valence-electron chi connectivity index (χ2n) is 4.42. The second kappa shape index (κ2) is 10.1. The van der Waals surface area contributed by atoms with Gasteiger partial charge in [-0.1, -0.05) is 18.2 Å². The highest BCUT2D eigenvalue weighted by molar-refractivity contribution is 5.80. The van der Waals surface area contributed by atoms with E-state index in [0.29, 0.717) is 19.8 Å². The molecule has 0 radical (unpaired) electrons. The van der Waals surface area contributed by atoms with E-state index in [-0.39, 0.29) is 6.04 Å². The molecule has 2 N–H and O–H groups in total. The minimum absolute atomic E-state index is 0.216. The predicted octanol–water partition coefficient (Wildman–Crippen LogP) is 1.66. The summed E-state index contributed by atoms with van der Waals surface area (Å²) in [7, 11) is 1.69. The van der Waals surface area contributed by atoms with Crippen LogP contribution in [-0.2, 0) is 4.74 Å². The Bertz CT molecular complexity index is 382. The molecule has 1 unspecified atom stereocenters. The van der Waals surface area contributed by atoms with Crippen molar-refractivity contribution in [1.82, 2.24) is 10.6 Å². The summed E-state index contributed by atoms with van der Waals surface area (Å²) in [5, 5.41) is 6.47. The number of methoxy groups -OCH3 is 1. The lowest BCUT2D eigenvalue weighted by molar-refractivity contribution is 0.179. The maximum atomic E-state index is 5.60. The van der Waals surface area contributed by atoms with Crippen LogP contribution in [0.3, 0.4) is 0 Å². The summed E-state index contributed by atoms with van der Waals surface area (Å²) < 4.78 is 10.7. The monoisotopic (exact) mass is 279 g/mol. The third-order valence-electron chi connectivity index (χ3n) is 2.52. The average molecular weight is 279 g/mol. The first-order valence-corrected chi connectivity index (χ1v) is 6.98. The molecule has 0 saturated carbocycles. The van der Waals surface area contributed by atoms with Crippen LogP contribution in [0, 0.1) is 0 Å². The molecule has 20 heavy (non-hydrogen) atoms. The molecule has 0 heterocycles. The molecule has 0 aliphatic rings. The van der Waals surface area contributed by atoms with E-state index in [0.717, 1.165) is 18.3 Å². The Morgan fingerprint density at radius 2 is 2.05 bits per heavy atom. The number of ether oxygens (including phenoxy) is 2. The molecule has 1 rings (SSSR count). The van der Waals surface area contributed by atoms with Gasteiger partial charge >= 0.3 is 0 Å². The van der Waals surface area contributed by atoms with Crippen molar-refractivity contribution in [3.63, 3.8) is 0 Å². The highest BCUT2D eigenvalue weighted by atomic mass is 16.5. The molecule has 1 atom stereocenters. The highest BCUT2D eigenvalue weighted by Crippen LogP contribution is 2.07. The number of hydrogen-bond acceptors (Lipinski definition) is 3. The number of rotatable bonds is 8. The van der Waals surface area contributed by atoms with E-state index in [4.69, 9.17) is 9.47 Å². The molecule has 0 bridgehead atoms. The normalized spacial score (nSPS) is 12.8. The van der Waals surface area contributed by atoms with Crippen LogP contribution in [0.15, 0.2) is 35.3 Å². The molecule has 0 aliphatic heterocycles. The SMILES string of the molecule is CCNC(=NCCOc1ccccc1)NC(C)COC. The van der Waals surface area contributed by atoms with E-state index >= 15 is 0 Å². The molecule has 0 fully saturated rings. The standard InChI is InChI=1S/C15H25N3O2/c1-4-16-15(18-13(2)12-19-3)17-10-11-20-14-8-6-5-7-9-14/h5-9,13H,4,10-12H2,1-3H3,(H2,16,17,18). The van der Waals surface area contributed by atoms with Gasteiger partial charge in [-0.15, -0.1) is 0 Å². The van der Waals surface area contributed by atoms with Gasteiger partial charge in [0.25, 0.3) is 0 Å². The molecule has 0 amide bonds. The van der Waals surface area contributed by atoms with Crippen molar-refractivity contribution >= 4 is 5.96 Å². The van der Waals surface area contributed by atoms with Crippen molar-refractivity contribution in [3.05, 3.63) is 30.3 Å². The third-order valence-corrected chi connectivity index (χ3v) is 2.52. The zero-order chi connectivity index (χ0) is 14.6. The Labute approximate surface area is 121 Å². The summed E-state index contributed by atoms with van der Waals surface area (Å²) in [5.41, 5.74) is 0. The first kappa shape index (κ1) is 16.3. The molecule has 1 aromatic rings. The molecular formula is C15H25N3O2. The van der Waals surface area contributed by atoms with E-state index in [2.05, 4.69) is 22.5 Å². The smallest absolute Gasteiger partial charge is 0.191 e. The van der Waals surface area contributed by atoms with E-state index < -0.39 is 0 Å². The van der Waals surface area contributed by atoms with Crippen molar-refractivity contribution < 1.29 is 9.47 Å². The van der Waals surface area contributed by atoms with E-state index in [9.17, 15) is 0 Å². The van der Waals surface area contributed by atoms with Gasteiger partial charge in [0.15, 0.2) is 5.96 Å². The molecule has 1 aromatic carbocycles. The van der Waals surface area contributed by atoms with Crippen molar-refractivity contribution in [2.45, 2.75) is 19.9 Å². The van der Waals surface area contributed by atoms with Crippen LogP contribution in [0.2, 0.25) is 0 Å². The van der Waals surface area contributed by atoms with Crippen molar-refractivity contribution in [2.24, 2.45) is 4.99 Å². The first-order valence-electron chi connectivity index (χ1n) is 6.98.